The van der Waals surface area contributed by atoms with Gasteiger partial charge in [0, 0.05) is 11.1 Å². The number of nitrogens with one attached hydrogen (secondary N) is 1. The Bertz CT molecular complexity index is 684. The Balaban J connectivity index is 1.60. The van der Waals surface area contributed by atoms with E-state index in [9.17, 15) is 9.59 Å². The van der Waals surface area contributed by atoms with Crippen molar-refractivity contribution in [1.29, 1.82) is 0 Å². The largest absolute Gasteiger partial charge is 0.455 e. The maximum Gasteiger partial charge on any atom is 0.309 e. The molecular weight excluding hydrogens is 278 g/mol. The SMILES string of the molecule is O=C(COC(=O)C1CCCC1)Nc1cccc2ccccc12. The summed E-state index contributed by atoms with van der Waals surface area (Å²) in [5, 5.41) is 4.85. The molecule has 114 valence electrons. The molecule has 0 bridgehead atoms. The molecular formula is C18H19NO3. The van der Waals surface area contributed by atoms with Crippen molar-refractivity contribution >= 4 is 28.3 Å². The summed E-state index contributed by atoms with van der Waals surface area (Å²) in [6, 6.07) is 13.6. The molecule has 0 aromatic heterocycles. The molecule has 0 aliphatic heterocycles. The van der Waals surface area contributed by atoms with Gasteiger partial charge in [-0.2, -0.15) is 0 Å². The summed E-state index contributed by atoms with van der Waals surface area (Å²) in [5.74, 6) is -0.571. The molecule has 2 aromatic carbocycles. The molecule has 1 amide bonds. The molecule has 1 aliphatic rings. The quantitative estimate of drug-likeness (QED) is 0.879. The van der Waals surface area contributed by atoms with Crippen LogP contribution in [0.3, 0.4) is 0 Å². The van der Waals surface area contributed by atoms with Crippen molar-refractivity contribution in [1.82, 2.24) is 0 Å². The van der Waals surface area contributed by atoms with E-state index in [0.717, 1.165) is 42.1 Å². The Labute approximate surface area is 129 Å². The van der Waals surface area contributed by atoms with Crippen molar-refractivity contribution < 1.29 is 14.3 Å². The fraction of sp³-hybridized carbons (Fsp3) is 0.333. The van der Waals surface area contributed by atoms with Crippen LogP contribution in [-0.2, 0) is 14.3 Å². The van der Waals surface area contributed by atoms with E-state index in [0.29, 0.717) is 0 Å². The monoisotopic (exact) mass is 297 g/mol. The number of anilines is 1. The van der Waals surface area contributed by atoms with Crippen molar-refractivity contribution in [3.8, 4) is 0 Å². The van der Waals surface area contributed by atoms with Crippen LogP contribution < -0.4 is 5.32 Å². The summed E-state index contributed by atoms with van der Waals surface area (Å²) in [7, 11) is 0. The topological polar surface area (TPSA) is 55.4 Å². The van der Waals surface area contributed by atoms with Gasteiger partial charge in [0.05, 0.1) is 5.92 Å². The second kappa shape index (κ2) is 6.60. The fourth-order valence-corrected chi connectivity index (χ4v) is 2.94. The van der Waals surface area contributed by atoms with Crippen molar-refractivity contribution in [2.45, 2.75) is 25.7 Å². The van der Waals surface area contributed by atoms with Crippen molar-refractivity contribution in [2.75, 3.05) is 11.9 Å². The molecule has 1 saturated carbocycles. The maximum atomic E-state index is 12.0. The molecule has 0 heterocycles. The van der Waals surface area contributed by atoms with Crippen LogP contribution in [0.5, 0.6) is 0 Å². The van der Waals surface area contributed by atoms with Gasteiger partial charge in [-0.15, -0.1) is 0 Å². The third kappa shape index (κ3) is 3.27. The Hall–Kier alpha value is -2.36. The molecule has 4 heteroatoms. The number of carbonyl (C=O) groups excluding carboxylic acids is 2. The maximum absolute atomic E-state index is 12.0. The molecule has 0 saturated heterocycles. The molecule has 1 N–H and O–H groups in total. The van der Waals surface area contributed by atoms with E-state index >= 15 is 0 Å². The predicted molar refractivity (Wildman–Crippen MR) is 85.5 cm³/mol. The number of esters is 1. The van der Waals surface area contributed by atoms with Crippen LogP contribution in [0.15, 0.2) is 42.5 Å². The van der Waals surface area contributed by atoms with Gasteiger partial charge < -0.3 is 10.1 Å². The number of hydrogen-bond donors (Lipinski definition) is 1. The number of amides is 1. The second-order valence-electron chi connectivity index (χ2n) is 5.66. The lowest BCUT2D eigenvalue weighted by Crippen LogP contribution is -2.23. The number of ether oxygens (including phenoxy) is 1. The van der Waals surface area contributed by atoms with Gasteiger partial charge in [0.1, 0.15) is 0 Å². The molecule has 4 nitrogen and oxygen atoms in total. The van der Waals surface area contributed by atoms with Crippen LogP contribution in [0.2, 0.25) is 0 Å². The molecule has 3 rings (SSSR count). The summed E-state index contributed by atoms with van der Waals surface area (Å²) in [6.45, 7) is -0.224. The first-order valence-electron chi connectivity index (χ1n) is 7.68. The van der Waals surface area contributed by atoms with Gasteiger partial charge in [-0.3, -0.25) is 9.59 Å². The van der Waals surface area contributed by atoms with Gasteiger partial charge in [-0.1, -0.05) is 49.2 Å². The molecule has 1 fully saturated rings. The Morgan fingerprint density at radius 1 is 1.05 bits per heavy atom. The highest BCUT2D eigenvalue weighted by Gasteiger charge is 2.24. The van der Waals surface area contributed by atoms with Crippen LogP contribution >= 0.6 is 0 Å². The average molecular weight is 297 g/mol. The summed E-state index contributed by atoms with van der Waals surface area (Å²) in [5.41, 5.74) is 0.736. The Morgan fingerprint density at radius 2 is 1.77 bits per heavy atom. The molecule has 22 heavy (non-hydrogen) atoms. The highest BCUT2D eigenvalue weighted by molar-refractivity contribution is 6.02. The third-order valence-electron chi connectivity index (χ3n) is 4.10. The number of hydrogen-bond acceptors (Lipinski definition) is 3. The summed E-state index contributed by atoms with van der Waals surface area (Å²) in [4.78, 5) is 23.8. The van der Waals surface area contributed by atoms with E-state index in [1.165, 1.54) is 0 Å². The lowest BCUT2D eigenvalue weighted by molar-refractivity contribution is -0.151. The normalized spacial score (nSPS) is 14.9. The molecule has 0 unspecified atom stereocenters. The summed E-state index contributed by atoms with van der Waals surface area (Å²) < 4.78 is 5.12. The van der Waals surface area contributed by atoms with E-state index in [1.807, 2.05) is 42.5 Å². The first-order chi connectivity index (χ1) is 10.7. The van der Waals surface area contributed by atoms with Gasteiger partial charge in [0.2, 0.25) is 0 Å². The Kier molecular flexibility index (Phi) is 4.37. The Morgan fingerprint density at radius 3 is 2.59 bits per heavy atom. The number of fused-ring (bicyclic) bond motifs is 1. The standard InChI is InChI=1S/C18H19NO3/c20-17(12-22-18(21)14-7-1-2-8-14)19-16-11-5-9-13-6-3-4-10-15(13)16/h3-6,9-11,14H,1-2,7-8,12H2,(H,19,20). The molecule has 1 aliphatic carbocycles. The van der Waals surface area contributed by atoms with Crippen molar-refractivity contribution in [3.63, 3.8) is 0 Å². The number of carbonyl (C=O) groups is 2. The lowest BCUT2D eigenvalue weighted by Gasteiger charge is -2.11. The van der Waals surface area contributed by atoms with Crippen molar-refractivity contribution in [2.24, 2.45) is 5.92 Å². The lowest BCUT2D eigenvalue weighted by atomic mass is 10.1. The molecule has 2 aromatic rings. The van der Waals surface area contributed by atoms with Gasteiger partial charge in [0.15, 0.2) is 6.61 Å². The first-order valence-corrected chi connectivity index (χ1v) is 7.68. The van der Waals surface area contributed by atoms with E-state index < -0.39 is 0 Å². The van der Waals surface area contributed by atoms with Gasteiger partial charge in [-0.05, 0) is 24.3 Å². The zero-order valence-corrected chi connectivity index (χ0v) is 12.4. The van der Waals surface area contributed by atoms with E-state index in [-0.39, 0.29) is 24.4 Å². The van der Waals surface area contributed by atoms with Gasteiger partial charge in [-0.25, -0.2) is 0 Å². The van der Waals surface area contributed by atoms with E-state index in [4.69, 9.17) is 4.74 Å². The highest BCUT2D eigenvalue weighted by Crippen LogP contribution is 2.26. The van der Waals surface area contributed by atoms with Crippen LogP contribution in [0.25, 0.3) is 10.8 Å². The van der Waals surface area contributed by atoms with Gasteiger partial charge in [0.25, 0.3) is 5.91 Å². The third-order valence-corrected chi connectivity index (χ3v) is 4.10. The van der Waals surface area contributed by atoms with Crippen LogP contribution in [-0.4, -0.2) is 18.5 Å². The van der Waals surface area contributed by atoms with E-state index in [1.54, 1.807) is 0 Å². The fourth-order valence-electron chi connectivity index (χ4n) is 2.94. The average Bonchev–Trinajstić information content (AvgIpc) is 3.07. The molecule has 0 radical (unpaired) electrons. The number of benzene rings is 2. The zero-order valence-electron chi connectivity index (χ0n) is 12.4. The number of rotatable bonds is 4. The van der Waals surface area contributed by atoms with Crippen molar-refractivity contribution in [3.05, 3.63) is 42.5 Å². The second-order valence-corrected chi connectivity index (χ2v) is 5.66. The molecule has 0 spiro atoms. The summed E-state index contributed by atoms with van der Waals surface area (Å²) in [6.07, 6.45) is 3.90. The van der Waals surface area contributed by atoms with Crippen LogP contribution in [0, 0.1) is 5.92 Å². The van der Waals surface area contributed by atoms with Gasteiger partial charge >= 0.3 is 5.97 Å². The van der Waals surface area contributed by atoms with Crippen LogP contribution in [0.1, 0.15) is 25.7 Å². The minimum Gasteiger partial charge on any atom is -0.455 e. The molecule has 0 atom stereocenters. The predicted octanol–water partition coefficient (Wildman–Crippen LogP) is 3.51. The highest BCUT2D eigenvalue weighted by atomic mass is 16.5. The van der Waals surface area contributed by atoms with E-state index in [2.05, 4.69) is 5.32 Å². The minimum atomic E-state index is -0.303. The van der Waals surface area contributed by atoms with Crippen LogP contribution in [0.4, 0.5) is 5.69 Å². The smallest absolute Gasteiger partial charge is 0.309 e. The summed E-state index contributed by atoms with van der Waals surface area (Å²) >= 11 is 0. The minimum absolute atomic E-state index is 0.0228. The zero-order chi connectivity index (χ0) is 15.4. The first kappa shape index (κ1) is 14.6.